The van der Waals surface area contributed by atoms with Gasteiger partial charge in [-0.15, -0.1) is 11.3 Å². The summed E-state index contributed by atoms with van der Waals surface area (Å²) >= 11 is 1.78. The first kappa shape index (κ1) is 19.2. The van der Waals surface area contributed by atoms with E-state index < -0.39 is 5.92 Å². The second-order valence-electron chi connectivity index (χ2n) is 8.41. The van der Waals surface area contributed by atoms with Crippen LogP contribution in [0, 0.1) is 5.92 Å². The zero-order chi connectivity index (χ0) is 18.9. The molecule has 2 saturated heterocycles. The summed E-state index contributed by atoms with van der Waals surface area (Å²) in [4.78, 5) is 21.6. The van der Waals surface area contributed by atoms with Crippen LogP contribution in [0.25, 0.3) is 0 Å². The van der Waals surface area contributed by atoms with Gasteiger partial charge in [0.05, 0.1) is 16.6 Å². The Balaban J connectivity index is 1.31. The number of hydrogen-bond acceptors (Lipinski definition) is 4. The van der Waals surface area contributed by atoms with Crippen LogP contribution in [0.3, 0.4) is 0 Å². The maximum absolute atomic E-state index is 13.3. The Morgan fingerprint density at radius 3 is 2.63 bits per heavy atom. The van der Waals surface area contributed by atoms with Gasteiger partial charge in [-0.2, -0.15) is 0 Å². The zero-order valence-corrected chi connectivity index (χ0v) is 16.7. The normalized spacial score (nSPS) is 27.2. The Morgan fingerprint density at radius 2 is 1.89 bits per heavy atom. The van der Waals surface area contributed by atoms with Crippen molar-refractivity contribution in [2.24, 2.45) is 5.92 Å². The molecule has 0 radical (unpaired) electrons. The van der Waals surface area contributed by atoms with Crippen LogP contribution in [0.4, 0.5) is 8.78 Å². The van der Waals surface area contributed by atoms with E-state index in [0.29, 0.717) is 5.92 Å². The van der Waals surface area contributed by atoms with E-state index in [-0.39, 0.29) is 37.8 Å². The quantitative estimate of drug-likeness (QED) is 0.761. The summed E-state index contributed by atoms with van der Waals surface area (Å²) in [6, 6.07) is 0. The summed E-state index contributed by atoms with van der Waals surface area (Å²) in [6.07, 6.45) is 6.63. The van der Waals surface area contributed by atoms with Crippen molar-refractivity contribution in [3.8, 4) is 0 Å². The molecule has 1 atom stereocenters. The molecule has 0 N–H and O–H groups in total. The Bertz CT molecular complexity index is 649. The Kier molecular flexibility index (Phi) is 5.78. The predicted molar refractivity (Wildman–Crippen MR) is 102 cm³/mol. The molecular formula is C20H29F2N3OS. The number of carbonyl (C=O) groups is 1. The molecule has 2 aliphatic heterocycles. The fraction of sp³-hybridized carbons (Fsp3) is 0.800. The summed E-state index contributed by atoms with van der Waals surface area (Å²) in [7, 11) is 0. The van der Waals surface area contributed by atoms with Gasteiger partial charge < -0.3 is 4.90 Å². The zero-order valence-electron chi connectivity index (χ0n) is 15.8. The summed E-state index contributed by atoms with van der Waals surface area (Å²) in [5, 5.41) is 3.45. The first-order valence-corrected chi connectivity index (χ1v) is 11.2. The second kappa shape index (κ2) is 8.11. The lowest BCUT2D eigenvalue weighted by atomic mass is 9.95. The van der Waals surface area contributed by atoms with Crippen LogP contribution in [0.2, 0.25) is 0 Å². The number of halogens is 2. The largest absolute Gasteiger partial charge is 0.342 e. The number of amides is 1. The van der Waals surface area contributed by atoms with Crippen molar-refractivity contribution >= 4 is 17.2 Å². The molecule has 27 heavy (non-hydrogen) atoms. The van der Waals surface area contributed by atoms with Crippen molar-refractivity contribution in [2.45, 2.75) is 69.8 Å². The van der Waals surface area contributed by atoms with Gasteiger partial charge in [-0.25, -0.2) is 13.8 Å². The third kappa shape index (κ3) is 4.67. The van der Waals surface area contributed by atoms with Gasteiger partial charge in [-0.3, -0.25) is 9.69 Å². The number of alkyl halides is 2. The topological polar surface area (TPSA) is 36.4 Å². The van der Waals surface area contributed by atoms with Gasteiger partial charge >= 0.3 is 0 Å². The van der Waals surface area contributed by atoms with Gasteiger partial charge in [0, 0.05) is 50.3 Å². The molecule has 1 saturated carbocycles. The lowest BCUT2D eigenvalue weighted by Gasteiger charge is -2.37. The molecule has 4 rings (SSSR count). The fourth-order valence-electron chi connectivity index (χ4n) is 4.70. The molecule has 1 unspecified atom stereocenters. The van der Waals surface area contributed by atoms with E-state index in [2.05, 4.69) is 10.3 Å². The molecular weight excluding hydrogens is 368 g/mol. The van der Waals surface area contributed by atoms with E-state index in [9.17, 15) is 13.6 Å². The fourth-order valence-corrected chi connectivity index (χ4v) is 5.68. The predicted octanol–water partition coefficient (Wildman–Crippen LogP) is 4.27. The van der Waals surface area contributed by atoms with E-state index in [0.717, 1.165) is 38.2 Å². The first-order chi connectivity index (χ1) is 13.0. The molecule has 1 aromatic heterocycles. The van der Waals surface area contributed by atoms with Gasteiger partial charge in [-0.05, 0) is 32.2 Å². The minimum atomic E-state index is -2.60. The minimum Gasteiger partial charge on any atom is -0.342 e. The van der Waals surface area contributed by atoms with Crippen molar-refractivity contribution < 1.29 is 13.6 Å². The molecule has 1 amide bonds. The van der Waals surface area contributed by atoms with E-state index >= 15 is 0 Å². The van der Waals surface area contributed by atoms with E-state index in [1.165, 1.54) is 30.7 Å². The standard InChI is InChI=1S/C20H29F2N3OS/c21-20(22)7-10-25(11-8-20)19(26)16-6-3-9-24(12-16)13-17-14-27-18(23-17)15-4-1-2-5-15/h14-16H,1-13H2. The van der Waals surface area contributed by atoms with Crippen molar-refractivity contribution in [1.29, 1.82) is 0 Å². The van der Waals surface area contributed by atoms with Crippen LogP contribution in [-0.2, 0) is 11.3 Å². The van der Waals surface area contributed by atoms with Crippen LogP contribution in [0.1, 0.15) is 68.0 Å². The lowest BCUT2D eigenvalue weighted by Crippen LogP contribution is -2.48. The third-order valence-electron chi connectivity index (χ3n) is 6.32. The van der Waals surface area contributed by atoms with Gasteiger partial charge in [0.25, 0.3) is 5.92 Å². The molecule has 150 valence electrons. The molecule has 4 nitrogen and oxygen atoms in total. The summed E-state index contributed by atoms with van der Waals surface area (Å²) < 4.78 is 26.7. The maximum atomic E-state index is 13.3. The molecule has 0 aromatic carbocycles. The number of likely N-dealkylation sites (tertiary alicyclic amines) is 2. The Labute approximate surface area is 163 Å². The van der Waals surface area contributed by atoms with Gasteiger partial charge in [0.1, 0.15) is 0 Å². The van der Waals surface area contributed by atoms with Gasteiger partial charge in [0.2, 0.25) is 5.91 Å². The van der Waals surface area contributed by atoms with Gasteiger partial charge in [0.15, 0.2) is 0 Å². The number of hydrogen-bond donors (Lipinski definition) is 0. The van der Waals surface area contributed by atoms with Crippen molar-refractivity contribution in [1.82, 2.24) is 14.8 Å². The van der Waals surface area contributed by atoms with Crippen LogP contribution < -0.4 is 0 Å². The molecule has 7 heteroatoms. The number of aromatic nitrogens is 1. The lowest BCUT2D eigenvalue weighted by molar-refractivity contribution is -0.143. The molecule has 0 bridgehead atoms. The molecule has 1 aliphatic carbocycles. The van der Waals surface area contributed by atoms with E-state index in [4.69, 9.17) is 4.98 Å². The molecule has 3 fully saturated rings. The van der Waals surface area contributed by atoms with Crippen molar-refractivity contribution in [3.63, 3.8) is 0 Å². The number of nitrogens with zero attached hydrogens (tertiary/aromatic N) is 3. The summed E-state index contributed by atoms with van der Waals surface area (Å²) in [5.74, 6) is -1.94. The highest BCUT2D eigenvalue weighted by molar-refractivity contribution is 7.09. The monoisotopic (exact) mass is 397 g/mol. The van der Waals surface area contributed by atoms with Crippen LogP contribution in [0.5, 0.6) is 0 Å². The minimum absolute atomic E-state index is 0.0570. The number of piperidine rings is 2. The van der Waals surface area contributed by atoms with Crippen LogP contribution >= 0.6 is 11.3 Å². The average molecular weight is 398 g/mol. The summed E-state index contributed by atoms with van der Waals surface area (Å²) in [5.41, 5.74) is 1.12. The van der Waals surface area contributed by atoms with Gasteiger partial charge in [-0.1, -0.05) is 12.8 Å². The molecule has 3 heterocycles. The SMILES string of the molecule is O=C(C1CCCN(Cc2csc(C3CCCC3)n2)C1)N1CCC(F)(F)CC1. The highest BCUT2D eigenvalue weighted by atomic mass is 32.1. The number of carbonyl (C=O) groups excluding carboxylic acids is 1. The smallest absolute Gasteiger partial charge is 0.251 e. The van der Waals surface area contributed by atoms with E-state index in [1.807, 2.05) is 0 Å². The number of rotatable bonds is 4. The third-order valence-corrected chi connectivity index (χ3v) is 7.38. The molecule has 3 aliphatic rings. The van der Waals surface area contributed by atoms with Crippen molar-refractivity contribution in [2.75, 3.05) is 26.2 Å². The highest BCUT2D eigenvalue weighted by Crippen LogP contribution is 2.36. The second-order valence-corrected chi connectivity index (χ2v) is 9.30. The molecule has 1 aromatic rings. The molecule has 0 spiro atoms. The number of thiazole rings is 1. The Hall–Kier alpha value is -1.08. The van der Waals surface area contributed by atoms with Crippen LogP contribution in [0.15, 0.2) is 5.38 Å². The van der Waals surface area contributed by atoms with E-state index in [1.54, 1.807) is 16.2 Å². The van der Waals surface area contributed by atoms with Crippen molar-refractivity contribution in [3.05, 3.63) is 16.1 Å². The highest BCUT2D eigenvalue weighted by Gasteiger charge is 2.38. The summed E-state index contributed by atoms with van der Waals surface area (Å²) in [6.45, 7) is 2.89. The Morgan fingerprint density at radius 1 is 1.15 bits per heavy atom. The average Bonchev–Trinajstić information content (AvgIpc) is 3.33. The van der Waals surface area contributed by atoms with Crippen LogP contribution in [-0.4, -0.2) is 52.8 Å². The maximum Gasteiger partial charge on any atom is 0.251 e. The first-order valence-electron chi connectivity index (χ1n) is 10.3.